The fourth-order valence-electron chi connectivity index (χ4n) is 3.30. The number of ether oxygens (including phenoxy) is 1. The lowest BCUT2D eigenvalue weighted by Gasteiger charge is -2.19. The molecule has 2 atom stereocenters. The van der Waals surface area contributed by atoms with Gasteiger partial charge >= 0.3 is 6.03 Å². The van der Waals surface area contributed by atoms with Crippen molar-refractivity contribution in [2.75, 3.05) is 30.4 Å². The average molecular weight is 481 g/mol. The number of nitrogens with one attached hydrogen (secondary N) is 3. The number of hydrogen-bond acceptors (Lipinski definition) is 7. The maximum atomic E-state index is 12.2. The third kappa shape index (κ3) is 8.38. The fraction of sp³-hybridized carbons (Fsp3) is 0.240. The van der Waals surface area contributed by atoms with Crippen LogP contribution in [0.3, 0.4) is 0 Å². The Bertz CT molecular complexity index is 1090. The summed E-state index contributed by atoms with van der Waals surface area (Å²) >= 11 is 0. The number of carbonyl (C=O) groups excluding carboxylic acids is 1. The molecule has 0 aliphatic heterocycles. The largest absolute Gasteiger partial charge is 0.491 e. The van der Waals surface area contributed by atoms with Gasteiger partial charge < -0.3 is 30.9 Å². The molecule has 0 aliphatic rings. The molecule has 0 radical (unpaired) electrons. The number of aliphatic hydroxyl groups excluding tert-OH is 2. The highest BCUT2D eigenvalue weighted by atomic mass is 16.6. The van der Waals surface area contributed by atoms with Crippen LogP contribution in [0.4, 0.5) is 21.9 Å². The van der Waals surface area contributed by atoms with E-state index in [1.54, 1.807) is 30.3 Å². The van der Waals surface area contributed by atoms with Crippen molar-refractivity contribution in [2.24, 2.45) is 0 Å². The van der Waals surface area contributed by atoms with Crippen LogP contribution in [-0.2, 0) is 6.42 Å². The summed E-state index contributed by atoms with van der Waals surface area (Å²) in [5.41, 5.74) is 1.32. The zero-order valence-electron chi connectivity index (χ0n) is 19.0. The molecule has 0 aromatic heterocycles. The van der Waals surface area contributed by atoms with E-state index in [1.807, 2.05) is 30.3 Å². The number of amides is 2. The van der Waals surface area contributed by atoms with Crippen LogP contribution in [0.15, 0.2) is 78.9 Å². The van der Waals surface area contributed by atoms with E-state index in [-0.39, 0.29) is 37.2 Å². The van der Waals surface area contributed by atoms with Crippen LogP contribution in [0, 0.1) is 10.1 Å². The number of rotatable bonds is 12. The molecule has 10 nitrogen and oxygen atoms in total. The molecule has 0 aliphatic carbocycles. The van der Waals surface area contributed by atoms with E-state index in [0.29, 0.717) is 17.9 Å². The van der Waals surface area contributed by atoms with Gasteiger partial charge in [0.15, 0.2) is 0 Å². The molecule has 3 rings (SSSR count). The van der Waals surface area contributed by atoms with Crippen molar-refractivity contribution >= 4 is 23.1 Å². The van der Waals surface area contributed by atoms with Gasteiger partial charge in [-0.05, 0) is 42.3 Å². The summed E-state index contributed by atoms with van der Waals surface area (Å²) in [5, 5.41) is 39.2. The number of aliphatic hydroxyl groups is 2. The lowest BCUT2D eigenvalue weighted by Crippen LogP contribution is -2.41. The number of hydrogen-bond donors (Lipinski definition) is 5. The molecule has 3 aromatic rings. The first-order chi connectivity index (χ1) is 16.9. The highest BCUT2D eigenvalue weighted by Gasteiger charge is 2.15. The Kier molecular flexibility index (Phi) is 9.55. The number of anilines is 2. The van der Waals surface area contributed by atoms with Gasteiger partial charge in [-0.1, -0.05) is 42.5 Å². The van der Waals surface area contributed by atoms with E-state index in [4.69, 9.17) is 4.74 Å². The maximum Gasteiger partial charge on any atom is 0.323 e. The van der Waals surface area contributed by atoms with E-state index in [1.165, 1.54) is 18.2 Å². The molecular formula is C25H28N4O6. The number of urea groups is 1. The molecule has 5 N–H and O–H groups in total. The van der Waals surface area contributed by atoms with Crippen LogP contribution < -0.4 is 20.7 Å². The van der Waals surface area contributed by atoms with E-state index < -0.39 is 17.1 Å². The number of para-hydroxylation sites is 3. The average Bonchev–Trinajstić information content (AvgIpc) is 2.87. The van der Waals surface area contributed by atoms with Crippen molar-refractivity contribution in [3.05, 3.63) is 94.5 Å². The third-order valence-corrected chi connectivity index (χ3v) is 5.09. The number of nitrogens with zero attached hydrogens (tertiary/aromatic N) is 1. The predicted molar refractivity (Wildman–Crippen MR) is 133 cm³/mol. The standard InChI is InChI=1S/C25H28N4O6/c30-16-20(26-15-21(31)17-35-22-6-2-1-3-7-22)14-18-10-12-19(13-11-18)27-25(32)28-23-8-4-5-9-24(23)29(33)34/h1-13,20-21,26,30-31H,14-17H2,(H2,27,28,32)/t20-,21-/m0/s1. The second kappa shape index (κ2) is 13.0. The molecular weight excluding hydrogens is 452 g/mol. The molecule has 0 fully saturated rings. The number of benzene rings is 3. The number of nitro benzene ring substituents is 1. The molecule has 2 amide bonds. The van der Waals surface area contributed by atoms with Crippen LogP contribution in [0.5, 0.6) is 5.75 Å². The molecule has 0 spiro atoms. The number of nitro groups is 1. The zero-order valence-corrected chi connectivity index (χ0v) is 19.0. The summed E-state index contributed by atoms with van der Waals surface area (Å²) in [6.45, 7) is 0.262. The quantitative estimate of drug-likeness (QED) is 0.198. The van der Waals surface area contributed by atoms with Gasteiger partial charge in [0.1, 0.15) is 24.1 Å². The maximum absolute atomic E-state index is 12.2. The van der Waals surface area contributed by atoms with Crippen LogP contribution in [0.2, 0.25) is 0 Å². The van der Waals surface area contributed by atoms with Crippen LogP contribution in [-0.4, -0.2) is 53.1 Å². The lowest BCUT2D eigenvalue weighted by molar-refractivity contribution is -0.383. The topological polar surface area (TPSA) is 146 Å². The Morgan fingerprint density at radius 1 is 0.971 bits per heavy atom. The monoisotopic (exact) mass is 480 g/mol. The van der Waals surface area contributed by atoms with Gasteiger partial charge in [-0.25, -0.2) is 4.79 Å². The van der Waals surface area contributed by atoms with Crippen molar-refractivity contribution < 1.29 is 24.7 Å². The summed E-state index contributed by atoms with van der Waals surface area (Å²) in [7, 11) is 0. The summed E-state index contributed by atoms with van der Waals surface area (Å²) in [5.74, 6) is 0.676. The van der Waals surface area contributed by atoms with E-state index in [9.17, 15) is 25.1 Å². The van der Waals surface area contributed by atoms with Crippen LogP contribution in [0.25, 0.3) is 0 Å². The molecule has 0 heterocycles. The van der Waals surface area contributed by atoms with Gasteiger partial charge in [-0.2, -0.15) is 0 Å². The fourth-order valence-corrected chi connectivity index (χ4v) is 3.30. The Morgan fingerprint density at radius 2 is 1.66 bits per heavy atom. The molecule has 184 valence electrons. The summed E-state index contributed by atoms with van der Waals surface area (Å²) in [6.07, 6.45) is -0.236. The smallest absolute Gasteiger partial charge is 0.323 e. The van der Waals surface area contributed by atoms with Gasteiger partial charge in [0.25, 0.3) is 5.69 Å². The van der Waals surface area contributed by atoms with Crippen molar-refractivity contribution in [3.8, 4) is 5.75 Å². The van der Waals surface area contributed by atoms with Crippen molar-refractivity contribution in [1.82, 2.24) is 5.32 Å². The second-order valence-electron chi connectivity index (χ2n) is 7.82. The van der Waals surface area contributed by atoms with Gasteiger partial charge in [0, 0.05) is 24.3 Å². The first-order valence-electron chi connectivity index (χ1n) is 11.0. The van der Waals surface area contributed by atoms with E-state index in [0.717, 1.165) is 5.56 Å². The zero-order chi connectivity index (χ0) is 25.0. The summed E-state index contributed by atoms with van der Waals surface area (Å²) in [6, 6.07) is 21.2. The van der Waals surface area contributed by atoms with Crippen molar-refractivity contribution in [2.45, 2.75) is 18.6 Å². The van der Waals surface area contributed by atoms with Crippen LogP contribution in [0.1, 0.15) is 5.56 Å². The minimum absolute atomic E-state index is 0.0971. The molecule has 0 saturated heterocycles. The Labute approximate surface area is 202 Å². The highest BCUT2D eigenvalue weighted by molar-refractivity contribution is 6.01. The Morgan fingerprint density at radius 3 is 2.34 bits per heavy atom. The van der Waals surface area contributed by atoms with Crippen molar-refractivity contribution in [3.63, 3.8) is 0 Å². The minimum atomic E-state index is -0.741. The van der Waals surface area contributed by atoms with Gasteiger partial charge in [0.2, 0.25) is 0 Å². The van der Waals surface area contributed by atoms with Crippen molar-refractivity contribution in [1.29, 1.82) is 0 Å². The Balaban J connectivity index is 1.45. The van der Waals surface area contributed by atoms with Gasteiger partial charge in [-0.15, -0.1) is 0 Å². The summed E-state index contributed by atoms with van der Waals surface area (Å²) in [4.78, 5) is 22.8. The predicted octanol–water partition coefficient (Wildman–Crippen LogP) is 3.17. The molecule has 0 bridgehead atoms. The Hall–Kier alpha value is -3.99. The van der Waals surface area contributed by atoms with Gasteiger partial charge in [-0.3, -0.25) is 10.1 Å². The molecule has 35 heavy (non-hydrogen) atoms. The van der Waals surface area contributed by atoms with Crippen LogP contribution >= 0.6 is 0 Å². The van der Waals surface area contributed by atoms with E-state index >= 15 is 0 Å². The molecule has 0 unspecified atom stereocenters. The normalized spacial score (nSPS) is 12.4. The minimum Gasteiger partial charge on any atom is -0.491 e. The van der Waals surface area contributed by atoms with E-state index in [2.05, 4.69) is 16.0 Å². The highest BCUT2D eigenvalue weighted by Crippen LogP contribution is 2.23. The second-order valence-corrected chi connectivity index (χ2v) is 7.82. The number of carbonyl (C=O) groups is 1. The molecule has 0 saturated carbocycles. The molecule has 3 aromatic carbocycles. The lowest BCUT2D eigenvalue weighted by atomic mass is 10.1. The summed E-state index contributed by atoms with van der Waals surface area (Å²) < 4.78 is 5.53. The SMILES string of the molecule is O=C(Nc1ccc(C[C@@H](CO)NC[C@H](O)COc2ccccc2)cc1)Nc1ccccc1[N+](=O)[O-]. The molecule has 10 heteroatoms. The third-order valence-electron chi connectivity index (χ3n) is 5.09. The van der Waals surface area contributed by atoms with Gasteiger partial charge in [0.05, 0.1) is 11.5 Å². The first-order valence-corrected chi connectivity index (χ1v) is 11.0. The first kappa shape index (κ1) is 25.6.